The molecular weight excluding hydrogens is 210 g/mol. The number of guanidine groups is 1. The van der Waals surface area contributed by atoms with Gasteiger partial charge in [-0.1, -0.05) is 25.8 Å². The Morgan fingerprint density at radius 3 is 2.88 bits per heavy atom. The lowest BCUT2D eigenvalue weighted by Gasteiger charge is -2.25. The van der Waals surface area contributed by atoms with E-state index in [4.69, 9.17) is 0 Å². The molecule has 1 fully saturated rings. The molecular formula is C14H27N3. The number of nitrogens with zero attached hydrogens (tertiary/aromatic N) is 1. The van der Waals surface area contributed by atoms with Crippen molar-refractivity contribution in [3.8, 4) is 0 Å². The van der Waals surface area contributed by atoms with Gasteiger partial charge in [-0.2, -0.15) is 0 Å². The van der Waals surface area contributed by atoms with E-state index < -0.39 is 0 Å². The summed E-state index contributed by atoms with van der Waals surface area (Å²) in [7, 11) is 0. The highest BCUT2D eigenvalue weighted by Crippen LogP contribution is 2.28. The van der Waals surface area contributed by atoms with Crippen LogP contribution in [-0.2, 0) is 0 Å². The molecule has 0 radical (unpaired) electrons. The molecule has 2 atom stereocenters. The lowest BCUT2D eigenvalue weighted by molar-refractivity contribution is 0.289. The lowest BCUT2D eigenvalue weighted by atomic mass is 9.82. The summed E-state index contributed by atoms with van der Waals surface area (Å²) in [5.74, 6) is 2.58. The monoisotopic (exact) mass is 237 g/mol. The molecule has 0 aromatic carbocycles. The van der Waals surface area contributed by atoms with Crippen molar-refractivity contribution in [3.63, 3.8) is 0 Å². The molecule has 1 saturated carbocycles. The van der Waals surface area contributed by atoms with Crippen LogP contribution in [0.3, 0.4) is 0 Å². The van der Waals surface area contributed by atoms with Crippen LogP contribution >= 0.6 is 0 Å². The van der Waals surface area contributed by atoms with Crippen LogP contribution < -0.4 is 10.6 Å². The van der Waals surface area contributed by atoms with Gasteiger partial charge < -0.3 is 10.6 Å². The number of hydrogen-bond acceptors (Lipinski definition) is 1. The molecule has 3 nitrogen and oxygen atoms in total. The van der Waals surface area contributed by atoms with Gasteiger partial charge in [-0.15, -0.1) is 6.58 Å². The van der Waals surface area contributed by atoms with Crippen LogP contribution in [0.15, 0.2) is 17.6 Å². The average molecular weight is 237 g/mol. The maximum absolute atomic E-state index is 4.66. The largest absolute Gasteiger partial charge is 0.357 e. The minimum Gasteiger partial charge on any atom is -0.357 e. The third-order valence-corrected chi connectivity index (χ3v) is 3.31. The zero-order chi connectivity index (χ0) is 12.5. The van der Waals surface area contributed by atoms with E-state index in [9.17, 15) is 0 Å². The van der Waals surface area contributed by atoms with Crippen LogP contribution in [0.4, 0.5) is 0 Å². The molecule has 0 amide bonds. The van der Waals surface area contributed by atoms with Crippen molar-refractivity contribution in [2.75, 3.05) is 19.6 Å². The smallest absolute Gasteiger partial charge is 0.191 e. The summed E-state index contributed by atoms with van der Waals surface area (Å²) >= 11 is 0. The third kappa shape index (κ3) is 5.76. The molecule has 1 aliphatic carbocycles. The fourth-order valence-corrected chi connectivity index (χ4v) is 2.46. The van der Waals surface area contributed by atoms with E-state index in [-0.39, 0.29) is 0 Å². The van der Waals surface area contributed by atoms with Crippen molar-refractivity contribution in [1.29, 1.82) is 0 Å². The van der Waals surface area contributed by atoms with E-state index in [1.807, 2.05) is 6.08 Å². The summed E-state index contributed by atoms with van der Waals surface area (Å²) in [6.07, 6.45) is 7.31. The Balaban J connectivity index is 2.37. The van der Waals surface area contributed by atoms with Gasteiger partial charge in [-0.3, -0.25) is 4.99 Å². The van der Waals surface area contributed by atoms with Crippen LogP contribution in [-0.4, -0.2) is 25.6 Å². The van der Waals surface area contributed by atoms with E-state index in [1.165, 1.54) is 25.7 Å². The van der Waals surface area contributed by atoms with Crippen LogP contribution in [0.2, 0.25) is 0 Å². The second-order valence-corrected chi connectivity index (χ2v) is 5.03. The highest BCUT2D eigenvalue weighted by Gasteiger charge is 2.18. The zero-order valence-electron chi connectivity index (χ0n) is 11.3. The lowest BCUT2D eigenvalue weighted by Crippen LogP contribution is -2.37. The van der Waals surface area contributed by atoms with Crippen LogP contribution in [0.1, 0.15) is 39.5 Å². The first-order chi connectivity index (χ1) is 8.26. The molecule has 2 N–H and O–H groups in total. The number of nitrogens with one attached hydrogen (secondary N) is 2. The summed E-state index contributed by atoms with van der Waals surface area (Å²) < 4.78 is 0. The normalized spacial score (nSPS) is 25.4. The fraction of sp³-hybridized carbons (Fsp3) is 0.786. The Labute approximate surface area is 106 Å². The molecule has 0 aliphatic heterocycles. The summed E-state index contributed by atoms with van der Waals surface area (Å²) in [6, 6.07) is 0. The first-order valence-electron chi connectivity index (χ1n) is 6.89. The Morgan fingerprint density at radius 2 is 2.24 bits per heavy atom. The van der Waals surface area contributed by atoms with Gasteiger partial charge in [0.15, 0.2) is 5.96 Å². The van der Waals surface area contributed by atoms with E-state index in [0.717, 1.165) is 37.4 Å². The molecule has 0 aromatic heterocycles. The molecule has 0 saturated heterocycles. The first-order valence-corrected chi connectivity index (χ1v) is 6.89. The summed E-state index contributed by atoms with van der Waals surface area (Å²) in [5.41, 5.74) is 0. The van der Waals surface area contributed by atoms with Crippen LogP contribution in [0.25, 0.3) is 0 Å². The Kier molecular flexibility index (Phi) is 6.75. The zero-order valence-corrected chi connectivity index (χ0v) is 11.3. The predicted octanol–water partition coefficient (Wildman–Crippen LogP) is 2.55. The number of rotatable bonds is 5. The van der Waals surface area contributed by atoms with Crippen molar-refractivity contribution in [2.24, 2.45) is 16.8 Å². The van der Waals surface area contributed by atoms with Crippen molar-refractivity contribution in [2.45, 2.75) is 39.5 Å². The number of aliphatic imine (C=N–C) groups is 1. The Bertz CT molecular complexity index is 248. The first kappa shape index (κ1) is 14.1. The van der Waals surface area contributed by atoms with E-state index in [1.54, 1.807) is 0 Å². The molecule has 2 unspecified atom stereocenters. The molecule has 0 bridgehead atoms. The summed E-state index contributed by atoms with van der Waals surface area (Å²) in [4.78, 5) is 4.66. The molecule has 3 heteroatoms. The minimum atomic E-state index is 0.771. The SMILES string of the molecule is C=CCNC(=NCC1CCCC(C)C1)NCC. The van der Waals surface area contributed by atoms with Crippen LogP contribution in [0.5, 0.6) is 0 Å². The quantitative estimate of drug-likeness (QED) is 0.438. The fourth-order valence-electron chi connectivity index (χ4n) is 2.46. The Hall–Kier alpha value is -0.990. The van der Waals surface area contributed by atoms with E-state index in [0.29, 0.717) is 0 Å². The third-order valence-electron chi connectivity index (χ3n) is 3.31. The van der Waals surface area contributed by atoms with Crippen molar-refractivity contribution < 1.29 is 0 Å². The molecule has 1 rings (SSSR count). The molecule has 0 heterocycles. The second kappa shape index (κ2) is 8.15. The number of hydrogen-bond donors (Lipinski definition) is 2. The van der Waals surface area contributed by atoms with Gasteiger partial charge >= 0.3 is 0 Å². The Morgan fingerprint density at radius 1 is 1.41 bits per heavy atom. The van der Waals surface area contributed by atoms with Crippen molar-refractivity contribution in [1.82, 2.24) is 10.6 Å². The van der Waals surface area contributed by atoms with Gasteiger partial charge in [-0.05, 0) is 31.6 Å². The average Bonchev–Trinajstić information content (AvgIpc) is 2.33. The van der Waals surface area contributed by atoms with Gasteiger partial charge in [0.05, 0.1) is 0 Å². The minimum absolute atomic E-state index is 0.771. The van der Waals surface area contributed by atoms with Crippen molar-refractivity contribution in [3.05, 3.63) is 12.7 Å². The maximum Gasteiger partial charge on any atom is 0.191 e. The molecule has 0 spiro atoms. The van der Waals surface area contributed by atoms with Gasteiger partial charge in [0.2, 0.25) is 0 Å². The molecule has 1 aliphatic rings. The van der Waals surface area contributed by atoms with Crippen LogP contribution in [0, 0.1) is 11.8 Å². The van der Waals surface area contributed by atoms with Gasteiger partial charge in [0.25, 0.3) is 0 Å². The standard InChI is InChI=1S/C14H27N3/c1-4-9-16-14(15-5-2)17-11-13-8-6-7-12(3)10-13/h4,12-13H,1,5-11H2,2-3H3,(H2,15,16,17). The van der Waals surface area contributed by atoms with E-state index in [2.05, 4.69) is 36.1 Å². The predicted molar refractivity (Wildman–Crippen MR) is 75.3 cm³/mol. The highest BCUT2D eigenvalue weighted by molar-refractivity contribution is 5.79. The molecule has 98 valence electrons. The van der Waals surface area contributed by atoms with E-state index >= 15 is 0 Å². The summed E-state index contributed by atoms with van der Waals surface area (Å²) in [5, 5.41) is 6.50. The second-order valence-electron chi connectivity index (χ2n) is 5.03. The van der Waals surface area contributed by atoms with Crippen molar-refractivity contribution >= 4 is 5.96 Å². The maximum atomic E-state index is 4.66. The van der Waals surface area contributed by atoms with Gasteiger partial charge in [0.1, 0.15) is 0 Å². The van der Waals surface area contributed by atoms with Gasteiger partial charge in [0, 0.05) is 19.6 Å². The van der Waals surface area contributed by atoms with Gasteiger partial charge in [-0.25, -0.2) is 0 Å². The summed E-state index contributed by atoms with van der Waals surface area (Å²) in [6.45, 7) is 10.8. The topological polar surface area (TPSA) is 36.4 Å². The highest BCUT2D eigenvalue weighted by atomic mass is 15.2. The molecule has 17 heavy (non-hydrogen) atoms. The molecule has 0 aromatic rings.